The van der Waals surface area contributed by atoms with Crippen molar-refractivity contribution in [3.63, 3.8) is 0 Å². The topological polar surface area (TPSA) is 92.4 Å². The molecule has 0 radical (unpaired) electrons. The molecule has 3 rings (SSSR count). The van der Waals surface area contributed by atoms with Gasteiger partial charge in [0, 0.05) is 24.0 Å². The molecule has 29 heavy (non-hydrogen) atoms. The Hall–Kier alpha value is -2.33. The Labute approximate surface area is 177 Å². The number of imidazole rings is 1. The summed E-state index contributed by atoms with van der Waals surface area (Å²) in [5, 5.41) is 0. The summed E-state index contributed by atoms with van der Waals surface area (Å²) in [6.45, 7) is 2.26. The number of hydrogen-bond donors (Lipinski definition) is 0. The monoisotopic (exact) mass is 483 g/mol. The molecule has 0 saturated carbocycles. The first-order valence-corrected chi connectivity index (χ1v) is 11.7. The highest BCUT2D eigenvalue weighted by Crippen LogP contribution is 2.33. The van der Waals surface area contributed by atoms with E-state index < -0.39 is 15.9 Å². The fourth-order valence-electron chi connectivity index (χ4n) is 3.27. The molecule has 2 heterocycles. The van der Waals surface area contributed by atoms with Gasteiger partial charge in [0.25, 0.3) is 0 Å². The molecule has 0 fully saturated rings. The van der Waals surface area contributed by atoms with E-state index in [9.17, 15) is 13.2 Å². The van der Waals surface area contributed by atoms with E-state index in [2.05, 4.69) is 20.9 Å². The van der Waals surface area contributed by atoms with Crippen molar-refractivity contribution >= 4 is 36.9 Å². The van der Waals surface area contributed by atoms with Gasteiger partial charge in [-0.2, -0.15) is 0 Å². The van der Waals surface area contributed by atoms with Crippen LogP contribution in [0.4, 0.5) is 0 Å². The van der Waals surface area contributed by atoms with E-state index in [1.165, 1.54) is 16.2 Å². The number of sulfone groups is 1. The van der Waals surface area contributed by atoms with Crippen molar-refractivity contribution in [1.29, 1.82) is 0 Å². The normalized spacial score (nSPS) is 12.9. The van der Waals surface area contributed by atoms with Crippen LogP contribution in [0.15, 0.2) is 39.7 Å². The van der Waals surface area contributed by atoms with Gasteiger partial charge >= 0.3 is 5.69 Å². The van der Waals surface area contributed by atoms with Gasteiger partial charge in [-0.05, 0) is 46.6 Å². The summed E-state index contributed by atoms with van der Waals surface area (Å²) in [5.74, 6) is 0.748. The number of benzene rings is 1. The van der Waals surface area contributed by atoms with Crippen molar-refractivity contribution in [2.45, 2.75) is 13.0 Å². The largest absolute Gasteiger partial charge is 0.493 e. The summed E-state index contributed by atoms with van der Waals surface area (Å²) in [6.07, 6.45) is 2.72. The van der Waals surface area contributed by atoms with Gasteiger partial charge in [0.1, 0.15) is 9.84 Å². The lowest BCUT2D eigenvalue weighted by Crippen LogP contribution is -2.31. The highest BCUT2D eigenvalue weighted by molar-refractivity contribution is 9.10. The smallest absolute Gasteiger partial charge is 0.330 e. The van der Waals surface area contributed by atoms with E-state index in [1.807, 2.05) is 6.92 Å². The quantitative estimate of drug-likeness (QED) is 0.512. The Bertz CT molecular complexity index is 1220. The maximum absolute atomic E-state index is 13.1. The van der Waals surface area contributed by atoms with Gasteiger partial charge in [0.2, 0.25) is 0 Å². The number of rotatable bonds is 7. The van der Waals surface area contributed by atoms with Gasteiger partial charge in [-0.1, -0.05) is 6.07 Å². The van der Waals surface area contributed by atoms with Crippen molar-refractivity contribution in [3.05, 3.63) is 51.0 Å². The number of fused-ring (bicyclic) bond motifs is 1. The van der Waals surface area contributed by atoms with Crippen LogP contribution in [0.5, 0.6) is 11.5 Å². The summed E-state index contributed by atoms with van der Waals surface area (Å²) in [6, 6.07) is 6.15. The first-order chi connectivity index (χ1) is 13.7. The molecule has 0 bridgehead atoms. The minimum absolute atomic E-state index is 0.262. The summed E-state index contributed by atoms with van der Waals surface area (Å²) in [4.78, 5) is 17.4. The van der Waals surface area contributed by atoms with E-state index >= 15 is 0 Å². The number of hydrogen-bond acceptors (Lipinski definition) is 6. The second-order valence-electron chi connectivity index (χ2n) is 6.66. The van der Waals surface area contributed by atoms with Crippen LogP contribution in [0.25, 0.3) is 11.2 Å². The van der Waals surface area contributed by atoms with Gasteiger partial charge in [-0.15, -0.1) is 0 Å². The molecule has 0 unspecified atom stereocenters. The molecular weight excluding hydrogens is 462 g/mol. The van der Waals surface area contributed by atoms with Crippen LogP contribution in [0.1, 0.15) is 18.5 Å². The Morgan fingerprint density at radius 2 is 1.97 bits per heavy atom. The third-order valence-corrected chi connectivity index (χ3v) is 5.90. The molecule has 1 aromatic carbocycles. The standard InChI is InChI=1S/C19H22BrN3O5S/c1-5-28-17-8-12(6-7-16(17)27-3)15(11-29(4,25)26)23-18-14(22(2)19(23)24)9-13(20)10-21-18/h6-10,15H,5,11H2,1-4H3/t15-/m0/s1. The Balaban J connectivity index is 2.28. The van der Waals surface area contributed by atoms with Crippen molar-refractivity contribution < 1.29 is 17.9 Å². The fraction of sp³-hybridized carbons (Fsp3) is 0.368. The van der Waals surface area contributed by atoms with E-state index in [0.29, 0.717) is 34.8 Å². The number of halogens is 1. The van der Waals surface area contributed by atoms with Gasteiger partial charge < -0.3 is 9.47 Å². The van der Waals surface area contributed by atoms with Crippen LogP contribution in [0, 0.1) is 0 Å². The molecule has 0 amide bonds. The summed E-state index contributed by atoms with van der Waals surface area (Å²) in [7, 11) is -0.261. The predicted octanol–water partition coefficient (Wildman–Crippen LogP) is 2.54. The first-order valence-electron chi connectivity index (χ1n) is 8.87. The SMILES string of the molecule is CCOc1cc([C@H](CS(C)(=O)=O)n2c(=O)n(C)c3cc(Br)cnc32)ccc1OC. The maximum atomic E-state index is 13.1. The molecule has 3 aromatic rings. The molecule has 0 N–H and O–H groups in total. The fourth-order valence-corrected chi connectivity index (χ4v) is 4.50. The highest BCUT2D eigenvalue weighted by atomic mass is 79.9. The summed E-state index contributed by atoms with van der Waals surface area (Å²) < 4.78 is 39.0. The number of nitrogens with zero attached hydrogens (tertiary/aromatic N) is 3. The van der Waals surface area contributed by atoms with Crippen molar-refractivity contribution in [2.75, 3.05) is 25.7 Å². The van der Waals surface area contributed by atoms with Gasteiger partial charge in [0.05, 0.1) is 31.0 Å². The minimum atomic E-state index is -3.42. The maximum Gasteiger partial charge on any atom is 0.330 e. The molecule has 0 aliphatic carbocycles. The van der Waals surface area contributed by atoms with Crippen molar-refractivity contribution in [1.82, 2.24) is 14.1 Å². The zero-order valence-corrected chi connectivity index (χ0v) is 18.9. The number of aryl methyl sites for hydroxylation is 1. The van der Waals surface area contributed by atoms with Crippen LogP contribution >= 0.6 is 15.9 Å². The minimum Gasteiger partial charge on any atom is -0.493 e. The van der Waals surface area contributed by atoms with Crippen LogP contribution < -0.4 is 15.2 Å². The molecule has 1 atom stereocenters. The summed E-state index contributed by atoms with van der Waals surface area (Å²) >= 11 is 3.36. The van der Waals surface area contributed by atoms with Gasteiger partial charge in [-0.3, -0.25) is 9.13 Å². The summed E-state index contributed by atoms with van der Waals surface area (Å²) in [5.41, 5.74) is 1.26. The molecule has 0 spiro atoms. The third-order valence-electron chi connectivity index (χ3n) is 4.54. The van der Waals surface area contributed by atoms with E-state index in [0.717, 1.165) is 10.7 Å². The number of ether oxygens (including phenoxy) is 2. The molecular formula is C19H22BrN3O5S. The molecule has 2 aromatic heterocycles. The molecule has 8 nitrogen and oxygen atoms in total. The highest BCUT2D eigenvalue weighted by Gasteiger charge is 2.26. The molecule has 10 heteroatoms. The number of pyridine rings is 1. The Morgan fingerprint density at radius 3 is 2.59 bits per heavy atom. The van der Waals surface area contributed by atoms with Crippen LogP contribution in [-0.2, 0) is 16.9 Å². The van der Waals surface area contributed by atoms with E-state index in [1.54, 1.807) is 37.5 Å². The van der Waals surface area contributed by atoms with Crippen molar-refractivity contribution in [3.8, 4) is 11.5 Å². The van der Waals surface area contributed by atoms with Crippen LogP contribution in [0.2, 0.25) is 0 Å². The predicted molar refractivity (Wildman–Crippen MR) is 115 cm³/mol. The van der Waals surface area contributed by atoms with Gasteiger partial charge in [-0.25, -0.2) is 18.2 Å². The second-order valence-corrected chi connectivity index (χ2v) is 9.76. The van der Waals surface area contributed by atoms with Gasteiger partial charge in [0.15, 0.2) is 17.1 Å². The zero-order chi connectivity index (χ0) is 21.3. The van der Waals surface area contributed by atoms with Crippen LogP contribution in [0.3, 0.4) is 0 Å². The lowest BCUT2D eigenvalue weighted by atomic mass is 10.1. The average Bonchev–Trinajstić information content (AvgIpc) is 2.90. The van der Waals surface area contributed by atoms with Crippen LogP contribution in [-0.4, -0.2) is 48.3 Å². The zero-order valence-electron chi connectivity index (χ0n) is 16.5. The van der Waals surface area contributed by atoms with Crippen molar-refractivity contribution in [2.24, 2.45) is 7.05 Å². The lowest BCUT2D eigenvalue weighted by molar-refractivity contribution is 0.310. The third kappa shape index (κ3) is 4.32. The Morgan fingerprint density at radius 1 is 1.24 bits per heavy atom. The molecule has 0 saturated heterocycles. The number of aromatic nitrogens is 3. The average molecular weight is 484 g/mol. The molecule has 156 valence electrons. The second kappa shape index (κ2) is 8.19. The molecule has 0 aliphatic rings. The Kier molecular flexibility index (Phi) is 6.04. The van der Waals surface area contributed by atoms with E-state index in [4.69, 9.17) is 9.47 Å². The van der Waals surface area contributed by atoms with E-state index in [-0.39, 0.29) is 11.4 Å². The molecule has 0 aliphatic heterocycles. The first kappa shape index (κ1) is 21.4. The lowest BCUT2D eigenvalue weighted by Gasteiger charge is -2.20. The number of methoxy groups -OCH3 is 1.